The Kier molecular flexibility index (Phi) is 6.25. The van der Waals surface area contributed by atoms with Crippen molar-refractivity contribution in [1.29, 1.82) is 5.26 Å². The lowest BCUT2D eigenvalue weighted by molar-refractivity contribution is -0.112. The van der Waals surface area contributed by atoms with Crippen LogP contribution in [0.3, 0.4) is 0 Å². The standard InChI is InChI=1S/C22H16FN3O3S/c23-18-10-12-19(13-11-18)30(28,29)26-21-9-5-4-8-20(21)25-22(27)17(15-24)14-16-6-2-1-3-7-16/h1-14,26H,(H,25,27). The summed E-state index contributed by atoms with van der Waals surface area (Å²) in [6.07, 6.45) is 1.43. The van der Waals surface area contributed by atoms with Crippen LogP contribution in [0.1, 0.15) is 5.56 Å². The Bertz CT molecular complexity index is 1230. The van der Waals surface area contributed by atoms with E-state index in [1.54, 1.807) is 36.4 Å². The molecule has 0 bridgehead atoms. The third-order valence-corrected chi connectivity index (χ3v) is 5.40. The summed E-state index contributed by atoms with van der Waals surface area (Å²) in [5.74, 6) is -1.24. The number of rotatable bonds is 6. The monoisotopic (exact) mass is 421 g/mol. The van der Waals surface area contributed by atoms with Gasteiger partial charge in [-0.3, -0.25) is 9.52 Å². The highest BCUT2D eigenvalue weighted by Gasteiger charge is 2.18. The Morgan fingerprint density at radius 2 is 1.50 bits per heavy atom. The van der Waals surface area contributed by atoms with Crippen LogP contribution in [0.4, 0.5) is 15.8 Å². The summed E-state index contributed by atoms with van der Waals surface area (Å²) < 4.78 is 40.6. The van der Waals surface area contributed by atoms with Gasteiger partial charge in [0, 0.05) is 0 Å². The van der Waals surface area contributed by atoms with E-state index in [4.69, 9.17) is 0 Å². The highest BCUT2D eigenvalue weighted by atomic mass is 32.2. The molecule has 0 aliphatic carbocycles. The van der Waals surface area contributed by atoms with E-state index in [2.05, 4.69) is 10.0 Å². The summed E-state index contributed by atoms with van der Waals surface area (Å²) in [4.78, 5) is 12.4. The predicted octanol–water partition coefficient (Wildman–Crippen LogP) is 4.17. The second kappa shape index (κ2) is 9.03. The minimum atomic E-state index is -4.01. The number of carbonyl (C=O) groups is 1. The fourth-order valence-electron chi connectivity index (χ4n) is 2.55. The third-order valence-electron chi connectivity index (χ3n) is 4.02. The molecule has 150 valence electrons. The van der Waals surface area contributed by atoms with Crippen molar-refractivity contribution in [3.05, 3.63) is 95.8 Å². The van der Waals surface area contributed by atoms with Crippen LogP contribution < -0.4 is 10.0 Å². The molecule has 30 heavy (non-hydrogen) atoms. The molecule has 3 aromatic carbocycles. The quantitative estimate of drug-likeness (QED) is 0.461. The summed E-state index contributed by atoms with van der Waals surface area (Å²) in [5.41, 5.74) is 0.807. The molecule has 1 amide bonds. The third kappa shape index (κ3) is 5.10. The second-order valence-corrected chi connectivity index (χ2v) is 7.82. The summed E-state index contributed by atoms with van der Waals surface area (Å²) in [5, 5.41) is 11.9. The van der Waals surface area contributed by atoms with Crippen LogP contribution in [-0.4, -0.2) is 14.3 Å². The lowest BCUT2D eigenvalue weighted by Gasteiger charge is -2.13. The number of sulfonamides is 1. The maximum absolute atomic E-state index is 13.1. The van der Waals surface area contributed by atoms with Crippen molar-refractivity contribution in [3.63, 3.8) is 0 Å². The molecule has 0 aliphatic heterocycles. The molecule has 0 heterocycles. The van der Waals surface area contributed by atoms with Crippen molar-refractivity contribution in [2.75, 3.05) is 10.0 Å². The molecule has 0 aliphatic rings. The van der Waals surface area contributed by atoms with Gasteiger partial charge in [-0.05, 0) is 48.0 Å². The number of halogens is 1. The van der Waals surface area contributed by atoms with Gasteiger partial charge < -0.3 is 5.32 Å². The fourth-order valence-corrected chi connectivity index (χ4v) is 3.63. The number of amides is 1. The van der Waals surface area contributed by atoms with Crippen LogP contribution in [0, 0.1) is 17.1 Å². The number of nitrogens with zero attached hydrogens (tertiary/aromatic N) is 1. The first-order valence-corrected chi connectivity index (χ1v) is 10.2. The van der Waals surface area contributed by atoms with Gasteiger partial charge in [0.2, 0.25) is 0 Å². The van der Waals surface area contributed by atoms with Gasteiger partial charge in [-0.2, -0.15) is 5.26 Å². The van der Waals surface area contributed by atoms with Gasteiger partial charge in [0.15, 0.2) is 0 Å². The minimum Gasteiger partial charge on any atom is -0.319 e. The van der Waals surface area contributed by atoms with E-state index in [0.717, 1.165) is 24.3 Å². The Hall–Kier alpha value is -3.96. The molecule has 0 aromatic heterocycles. The highest BCUT2D eigenvalue weighted by molar-refractivity contribution is 7.92. The van der Waals surface area contributed by atoms with E-state index >= 15 is 0 Å². The number of hydrogen-bond donors (Lipinski definition) is 2. The Balaban J connectivity index is 1.85. The van der Waals surface area contributed by atoms with Gasteiger partial charge >= 0.3 is 0 Å². The first kappa shape index (κ1) is 20.8. The van der Waals surface area contributed by atoms with Crippen LogP contribution in [0.15, 0.2) is 89.3 Å². The average molecular weight is 421 g/mol. The zero-order chi connectivity index (χ0) is 21.6. The molecule has 0 spiro atoms. The van der Waals surface area contributed by atoms with E-state index < -0.39 is 21.7 Å². The first-order valence-electron chi connectivity index (χ1n) is 8.75. The van der Waals surface area contributed by atoms with Gasteiger partial charge in [-0.25, -0.2) is 12.8 Å². The van der Waals surface area contributed by atoms with E-state index in [-0.39, 0.29) is 21.8 Å². The Morgan fingerprint density at radius 3 is 2.13 bits per heavy atom. The number of para-hydroxylation sites is 2. The molecule has 0 atom stereocenters. The fraction of sp³-hybridized carbons (Fsp3) is 0. The van der Waals surface area contributed by atoms with Gasteiger partial charge in [-0.1, -0.05) is 42.5 Å². The average Bonchev–Trinajstić information content (AvgIpc) is 2.74. The summed E-state index contributed by atoms with van der Waals surface area (Å²) in [7, 11) is -4.01. The predicted molar refractivity (Wildman–Crippen MR) is 112 cm³/mol. The maximum atomic E-state index is 13.1. The normalized spacial score (nSPS) is 11.4. The van der Waals surface area contributed by atoms with Crippen LogP contribution >= 0.6 is 0 Å². The van der Waals surface area contributed by atoms with Crippen LogP contribution in [0.5, 0.6) is 0 Å². The zero-order valence-corrected chi connectivity index (χ0v) is 16.4. The Labute approximate surface area is 173 Å². The van der Waals surface area contributed by atoms with E-state index in [1.807, 2.05) is 12.1 Å². The zero-order valence-electron chi connectivity index (χ0n) is 15.5. The second-order valence-electron chi connectivity index (χ2n) is 6.14. The van der Waals surface area contributed by atoms with Crippen molar-refractivity contribution in [2.24, 2.45) is 0 Å². The molecular weight excluding hydrogens is 405 g/mol. The Morgan fingerprint density at radius 1 is 0.900 bits per heavy atom. The van der Waals surface area contributed by atoms with Crippen molar-refractivity contribution in [2.45, 2.75) is 4.90 Å². The SMILES string of the molecule is N#CC(=Cc1ccccc1)C(=O)Nc1ccccc1NS(=O)(=O)c1ccc(F)cc1. The molecule has 0 unspecified atom stereocenters. The summed E-state index contributed by atoms with van der Waals surface area (Å²) in [6, 6.07) is 21.2. The molecule has 6 nitrogen and oxygen atoms in total. The van der Waals surface area contributed by atoms with E-state index in [1.165, 1.54) is 18.2 Å². The number of nitrogens with one attached hydrogen (secondary N) is 2. The number of benzene rings is 3. The van der Waals surface area contributed by atoms with Crippen LogP contribution in [0.25, 0.3) is 6.08 Å². The van der Waals surface area contributed by atoms with Gasteiger partial charge in [-0.15, -0.1) is 0 Å². The summed E-state index contributed by atoms with van der Waals surface area (Å²) in [6.45, 7) is 0. The smallest absolute Gasteiger partial charge is 0.266 e. The molecule has 8 heteroatoms. The molecule has 2 N–H and O–H groups in total. The number of anilines is 2. The molecule has 0 saturated carbocycles. The number of nitriles is 1. The van der Waals surface area contributed by atoms with Crippen molar-refractivity contribution in [1.82, 2.24) is 0 Å². The van der Waals surface area contributed by atoms with Crippen molar-refractivity contribution in [3.8, 4) is 6.07 Å². The molecular formula is C22H16FN3O3S. The highest BCUT2D eigenvalue weighted by Crippen LogP contribution is 2.25. The van der Waals surface area contributed by atoms with E-state index in [9.17, 15) is 22.9 Å². The molecule has 0 fully saturated rings. The van der Waals surface area contributed by atoms with Gasteiger partial charge in [0.05, 0.1) is 16.3 Å². The van der Waals surface area contributed by atoms with Gasteiger partial charge in [0.1, 0.15) is 17.5 Å². The number of hydrogen-bond acceptors (Lipinski definition) is 4. The topological polar surface area (TPSA) is 99.1 Å². The molecule has 3 rings (SSSR count). The lowest BCUT2D eigenvalue weighted by Crippen LogP contribution is -2.18. The van der Waals surface area contributed by atoms with Crippen molar-refractivity contribution < 1.29 is 17.6 Å². The molecule has 0 saturated heterocycles. The first-order chi connectivity index (χ1) is 14.4. The molecule has 3 aromatic rings. The molecule has 0 radical (unpaired) electrons. The summed E-state index contributed by atoms with van der Waals surface area (Å²) >= 11 is 0. The van der Waals surface area contributed by atoms with Crippen LogP contribution in [-0.2, 0) is 14.8 Å². The maximum Gasteiger partial charge on any atom is 0.266 e. The van der Waals surface area contributed by atoms with Crippen LogP contribution in [0.2, 0.25) is 0 Å². The number of carbonyl (C=O) groups excluding carboxylic acids is 1. The minimum absolute atomic E-state index is 0.104. The van der Waals surface area contributed by atoms with E-state index in [0.29, 0.717) is 5.56 Å². The van der Waals surface area contributed by atoms with Gasteiger partial charge in [0.25, 0.3) is 15.9 Å². The lowest BCUT2D eigenvalue weighted by atomic mass is 10.1. The largest absolute Gasteiger partial charge is 0.319 e. The van der Waals surface area contributed by atoms with Crippen molar-refractivity contribution >= 4 is 33.4 Å².